The fourth-order valence-electron chi connectivity index (χ4n) is 5.43. The Bertz CT molecular complexity index is 1530. The lowest BCUT2D eigenvalue weighted by Crippen LogP contribution is -2.56. The molecule has 13 nitrogen and oxygen atoms in total. The van der Waals surface area contributed by atoms with Crippen molar-refractivity contribution >= 4 is 41.5 Å². The molecule has 1 fully saturated rings. The van der Waals surface area contributed by atoms with Gasteiger partial charge in [0.15, 0.2) is 17.6 Å². The van der Waals surface area contributed by atoms with Crippen molar-refractivity contribution in [2.24, 2.45) is 16.5 Å². The second-order valence-corrected chi connectivity index (χ2v) is 11.2. The minimum absolute atomic E-state index is 0.0512. The van der Waals surface area contributed by atoms with E-state index in [1.165, 1.54) is 17.2 Å². The molecule has 1 heterocycles. The van der Waals surface area contributed by atoms with Crippen LogP contribution >= 0.6 is 0 Å². The van der Waals surface area contributed by atoms with Crippen LogP contribution in [0.3, 0.4) is 0 Å². The maximum Gasteiger partial charge on any atom is 0.347 e. The van der Waals surface area contributed by atoms with Crippen molar-refractivity contribution in [2.45, 2.75) is 70.0 Å². The van der Waals surface area contributed by atoms with Gasteiger partial charge in [-0.25, -0.2) is 4.79 Å². The zero-order valence-electron chi connectivity index (χ0n) is 25.9. The van der Waals surface area contributed by atoms with Crippen LogP contribution in [0.25, 0.3) is 6.08 Å². The second kappa shape index (κ2) is 16.7. The van der Waals surface area contributed by atoms with Gasteiger partial charge in [-0.05, 0) is 44.2 Å². The lowest BCUT2D eigenvalue weighted by Gasteiger charge is -2.37. The van der Waals surface area contributed by atoms with E-state index < -0.39 is 29.9 Å². The van der Waals surface area contributed by atoms with Gasteiger partial charge in [-0.1, -0.05) is 85.1 Å². The van der Waals surface area contributed by atoms with E-state index in [0.29, 0.717) is 24.9 Å². The Morgan fingerprint density at radius 2 is 1.70 bits per heavy atom. The van der Waals surface area contributed by atoms with Gasteiger partial charge in [-0.15, -0.1) is 5.10 Å². The normalized spacial score (nSPS) is 14.6. The summed E-state index contributed by atoms with van der Waals surface area (Å²) in [6, 6.07) is 15.5. The minimum atomic E-state index is -0.935. The number of guanidine groups is 1. The van der Waals surface area contributed by atoms with Crippen LogP contribution in [-0.2, 0) is 9.59 Å². The fraction of sp³-hybridized carbons (Fsp3) is 0.364. The highest BCUT2D eigenvalue weighted by Crippen LogP contribution is 2.25. The molecule has 1 aliphatic rings. The summed E-state index contributed by atoms with van der Waals surface area (Å²) in [5.41, 5.74) is 12.2. The summed E-state index contributed by atoms with van der Waals surface area (Å²) >= 11 is 0. The van der Waals surface area contributed by atoms with Crippen molar-refractivity contribution in [3.05, 3.63) is 84.1 Å². The van der Waals surface area contributed by atoms with Gasteiger partial charge < -0.3 is 27.0 Å². The van der Waals surface area contributed by atoms with Gasteiger partial charge in [0.25, 0.3) is 0 Å². The van der Waals surface area contributed by atoms with E-state index in [-0.39, 0.29) is 23.6 Å². The number of aliphatic imine (C=N–C) groups is 1. The molecule has 13 heteroatoms. The molecule has 0 unspecified atom stereocenters. The maximum atomic E-state index is 13.9. The van der Waals surface area contributed by atoms with E-state index in [4.69, 9.17) is 11.5 Å². The van der Waals surface area contributed by atoms with Crippen LogP contribution in [-0.4, -0.2) is 74.2 Å². The Morgan fingerprint density at radius 3 is 2.37 bits per heavy atom. The molecule has 46 heavy (non-hydrogen) atoms. The molecule has 2 aromatic carbocycles. The van der Waals surface area contributed by atoms with Gasteiger partial charge in [0.1, 0.15) is 6.04 Å². The molecule has 1 aromatic heterocycles. The molecule has 0 aliphatic heterocycles. The molecule has 3 aromatic rings. The largest absolute Gasteiger partial charge is 0.370 e. The zero-order valence-corrected chi connectivity index (χ0v) is 25.9. The smallest absolute Gasteiger partial charge is 0.347 e. The molecule has 2 atom stereocenters. The summed E-state index contributed by atoms with van der Waals surface area (Å²) in [7, 11) is 0. The molecular formula is C33H41N9O4. The van der Waals surface area contributed by atoms with E-state index in [0.717, 1.165) is 42.3 Å². The number of nitrogens with zero attached hydrogens (tertiary/aromatic N) is 5. The Balaban J connectivity index is 1.49. The van der Waals surface area contributed by atoms with E-state index in [1.807, 2.05) is 30.3 Å². The first kappa shape index (κ1) is 33.6. The van der Waals surface area contributed by atoms with Crippen molar-refractivity contribution in [3.8, 4) is 0 Å². The molecule has 4 rings (SSSR count). The highest BCUT2D eigenvalue weighted by molar-refractivity contribution is 6.03. The van der Waals surface area contributed by atoms with Crippen molar-refractivity contribution in [1.82, 2.24) is 25.2 Å². The number of ketones is 1. The van der Waals surface area contributed by atoms with Gasteiger partial charge in [0.05, 0.1) is 12.2 Å². The van der Waals surface area contributed by atoms with Gasteiger partial charge in [-0.3, -0.25) is 19.4 Å². The molecular weight excluding hydrogens is 586 g/mol. The van der Waals surface area contributed by atoms with Gasteiger partial charge in [0.2, 0.25) is 11.8 Å². The molecule has 1 aliphatic carbocycles. The van der Waals surface area contributed by atoms with Crippen LogP contribution in [0.15, 0.2) is 77.9 Å². The van der Waals surface area contributed by atoms with E-state index >= 15 is 0 Å². The third-order valence-electron chi connectivity index (χ3n) is 7.79. The average Bonchev–Trinajstić information content (AvgIpc) is 3.54. The minimum Gasteiger partial charge on any atom is -0.370 e. The number of hydrogen-bond donors (Lipinski definition) is 4. The van der Waals surface area contributed by atoms with Crippen molar-refractivity contribution in [3.63, 3.8) is 0 Å². The van der Waals surface area contributed by atoms with E-state index in [9.17, 15) is 19.2 Å². The first-order chi connectivity index (χ1) is 22.2. The first-order valence-electron chi connectivity index (χ1n) is 15.5. The summed E-state index contributed by atoms with van der Waals surface area (Å²) in [6.07, 6.45) is 9.40. The van der Waals surface area contributed by atoms with Crippen LogP contribution in [0.4, 0.5) is 10.6 Å². The highest BCUT2D eigenvalue weighted by Gasteiger charge is 2.36. The number of Topliss-reactive ketones (excluding diaryl/α,β-unsaturated/α-hetero) is 1. The molecule has 0 spiro atoms. The third-order valence-corrected chi connectivity index (χ3v) is 7.79. The Morgan fingerprint density at radius 1 is 1.02 bits per heavy atom. The van der Waals surface area contributed by atoms with Gasteiger partial charge in [0, 0.05) is 24.2 Å². The van der Waals surface area contributed by atoms with Crippen molar-refractivity contribution < 1.29 is 19.2 Å². The highest BCUT2D eigenvalue weighted by atomic mass is 16.2. The number of rotatable bonds is 13. The number of aromatic nitrogens is 3. The molecule has 3 amide bonds. The molecule has 0 saturated heterocycles. The van der Waals surface area contributed by atoms with Crippen molar-refractivity contribution in [2.75, 3.05) is 11.9 Å². The number of carbonyl (C=O) groups is 4. The molecule has 0 bridgehead atoms. The quantitative estimate of drug-likeness (QED) is 0.0729. The van der Waals surface area contributed by atoms with E-state index in [1.54, 1.807) is 43.3 Å². The topological polar surface area (TPSA) is 191 Å². The zero-order chi connectivity index (χ0) is 32.9. The number of hydrogen-bond acceptors (Lipinski definition) is 7. The molecule has 6 N–H and O–H groups in total. The number of amides is 3. The standard InChI is InChI=1S/C33H41N9O4/c1-23(31(45)37-27(18-11-21-36-32(34)35)30(44)25-14-7-3-8-15-25)42(26-16-9-4-10-17-26)33(46)41-22-28(39-40-41)38-29(43)20-19-24-12-5-2-6-13-24/h2-3,5-8,12-15,19-20,22-23,26-27H,4,9-11,16-18,21H2,1H3,(H,37,45)(H,38,43)(H4,34,35,36)/t23-,27-/m0/s1. The predicted molar refractivity (Wildman–Crippen MR) is 176 cm³/mol. The summed E-state index contributed by atoms with van der Waals surface area (Å²) < 4.78 is 1.02. The monoisotopic (exact) mass is 627 g/mol. The average molecular weight is 628 g/mol. The molecule has 1 saturated carbocycles. The summed E-state index contributed by atoms with van der Waals surface area (Å²) in [4.78, 5) is 59.0. The Kier molecular flexibility index (Phi) is 12.2. The number of anilines is 1. The van der Waals surface area contributed by atoms with Crippen LogP contribution < -0.4 is 22.1 Å². The summed E-state index contributed by atoms with van der Waals surface area (Å²) in [5, 5.41) is 13.4. The lowest BCUT2D eigenvalue weighted by molar-refractivity contribution is -0.126. The SMILES string of the molecule is C[C@@H](C(=O)N[C@@H](CCCN=C(N)N)C(=O)c1ccccc1)N(C(=O)n1cc(NC(=O)C=Cc2ccccc2)nn1)C1CCCCC1. The van der Waals surface area contributed by atoms with Crippen LogP contribution in [0.1, 0.15) is 67.8 Å². The Hall–Kier alpha value is -5.33. The van der Waals surface area contributed by atoms with Gasteiger partial charge in [-0.2, -0.15) is 4.68 Å². The lowest BCUT2D eigenvalue weighted by atomic mass is 9.93. The number of benzene rings is 2. The fourth-order valence-corrected chi connectivity index (χ4v) is 5.43. The van der Waals surface area contributed by atoms with Crippen LogP contribution in [0, 0.1) is 0 Å². The number of nitrogens with two attached hydrogens (primary N) is 2. The number of carbonyl (C=O) groups excluding carboxylic acids is 4. The second-order valence-electron chi connectivity index (χ2n) is 11.2. The van der Waals surface area contributed by atoms with Crippen molar-refractivity contribution in [1.29, 1.82) is 0 Å². The Labute approximate surface area is 268 Å². The summed E-state index contributed by atoms with van der Waals surface area (Å²) in [6.45, 7) is 1.94. The number of nitrogens with one attached hydrogen (secondary N) is 2. The predicted octanol–water partition coefficient (Wildman–Crippen LogP) is 3.34. The van der Waals surface area contributed by atoms with Crippen LogP contribution in [0.2, 0.25) is 0 Å². The molecule has 0 radical (unpaired) electrons. The summed E-state index contributed by atoms with van der Waals surface area (Å²) in [5.74, 6) is -1.13. The first-order valence-corrected chi connectivity index (χ1v) is 15.5. The molecule has 242 valence electrons. The van der Waals surface area contributed by atoms with E-state index in [2.05, 4.69) is 25.9 Å². The van der Waals surface area contributed by atoms with Gasteiger partial charge >= 0.3 is 6.03 Å². The third kappa shape index (κ3) is 9.58. The van der Waals surface area contributed by atoms with Crippen LogP contribution in [0.5, 0.6) is 0 Å². The maximum absolute atomic E-state index is 13.9.